The third kappa shape index (κ3) is 4.89. The van der Waals surface area contributed by atoms with Gasteiger partial charge in [0.05, 0.1) is 10.7 Å². The summed E-state index contributed by atoms with van der Waals surface area (Å²) >= 11 is 23.9. The summed E-state index contributed by atoms with van der Waals surface area (Å²) in [5.74, 6) is 0.164. The Balaban J connectivity index is 1.85. The molecule has 0 saturated carbocycles. The summed E-state index contributed by atoms with van der Waals surface area (Å²) in [6, 6.07) is 14.8. The fourth-order valence-electron chi connectivity index (χ4n) is 2.36. The summed E-state index contributed by atoms with van der Waals surface area (Å²) in [5.41, 5.74) is 0.806. The van der Waals surface area contributed by atoms with Crippen LogP contribution in [0.5, 0.6) is 0 Å². The zero-order valence-corrected chi connectivity index (χ0v) is 17.0. The first kappa shape index (κ1) is 20.3. The number of amides is 1. The second-order valence-electron chi connectivity index (χ2n) is 5.61. The zero-order chi connectivity index (χ0) is 20.3. The normalized spacial score (nSPS) is 11.2. The van der Waals surface area contributed by atoms with Crippen molar-refractivity contribution in [2.24, 2.45) is 0 Å². The number of nitrogens with zero attached hydrogens (tertiary/aromatic N) is 1. The van der Waals surface area contributed by atoms with Gasteiger partial charge in [-0.1, -0.05) is 46.4 Å². The number of hydrogen-bond donors (Lipinski definition) is 1. The number of carbonyl (C=O) groups excluding carboxylic acids is 1. The van der Waals surface area contributed by atoms with E-state index < -0.39 is 5.91 Å². The van der Waals surface area contributed by atoms with E-state index in [0.717, 1.165) is 0 Å². The number of nitriles is 1. The molecule has 0 aliphatic carbocycles. The lowest BCUT2D eigenvalue weighted by atomic mass is 10.2. The van der Waals surface area contributed by atoms with E-state index in [1.807, 2.05) is 6.07 Å². The first-order chi connectivity index (χ1) is 13.4. The minimum atomic E-state index is -0.643. The maximum absolute atomic E-state index is 12.4. The molecule has 1 amide bonds. The van der Waals surface area contributed by atoms with Gasteiger partial charge < -0.3 is 9.73 Å². The highest BCUT2D eigenvalue weighted by Crippen LogP contribution is 2.29. The highest BCUT2D eigenvalue weighted by Gasteiger charge is 2.14. The Bertz CT molecular complexity index is 1110. The van der Waals surface area contributed by atoms with Crippen LogP contribution in [0, 0.1) is 11.3 Å². The molecule has 0 bridgehead atoms. The third-order valence-corrected chi connectivity index (χ3v) is 4.60. The Kier molecular flexibility index (Phi) is 6.33. The van der Waals surface area contributed by atoms with Gasteiger partial charge in [0.15, 0.2) is 0 Å². The van der Waals surface area contributed by atoms with Crippen molar-refractivity contribution in [2.45, 2.75) is 0 Å². The fourth-order valence-corrected chi connectivity index (χ4v) is 3.22. The molecule has 1 N–H and O–H groups in total. The van der Waals surface area contributed by atoms with E-state index in [9.17, 15) is 10.1 Å². The largest absolute Gasteiger partial charge is 0.457 e. The van der Waals surface area contributed by atoms with Gasteiger partial charge in [-0.05, 0) is 48.5 Å². The number of rotatable bonds is 4. The summed E-state index contributed by atoms with van der Waals surface area (Å²) in [6.07, 6.45) is 1.32. The molecule has 1 heterocycles. The van der Waals surface area contributed by atoms with Gasteiger partial charge >= 0.3 is 0 Å². The van der Waals surface area contributed by atoms with Crippen LogP contribution >= 0.6 is 46.4 Å². The van der Waals surface area contributed by atoms with Crippen LogP contribution in [0.2, 0.25) is 20.1 Å². The molecule has 0 aliphatic heterocycles. The summed E-state index contributed by atoms with van der Waals surface area (Å²) in [5, 5.41) is 13.5. The van der Waals surface area contributed by atoms with Crippen molar-refractivity contribution in [3.05, 3.63) is 80.0 Å². The smallest absolute Gasteiger partial charge is 0.266 e. The number of halogens is 4. The van der Waals surface area contributed by atoms with E-state index in [4.69, 9.17) is 50.8 Å². The second kappa shape index (κ2) is 8.72. The molecule has 0 fully saturated rings. The molecule has 0 radical (unpaired) electrons. The average Bonchev–Trinajstić information content (AvgIpc) is 3.10. The van der Waals surface area contributed by atoms with E-state index in [1.54, 1.807) is 42.5 Å². The molecular weight excluding hydrogens is 442 g/mol. The lowest BCUT2D eigenvalue weighted by Crippen LogP contribution is -2.13. The first-order valence-corrected chi connectivity index (χ1v) is 9.31. The minimum absolute atomic E-state index is 0.166. The molecule has 0 saturated heterocycles. The van der Waals surface area contributed by atoms with Crippen molar-refractivity contribution in [1.29, 1.82) is 5.26 Å². The Hall–Kier alpha value is -2.42. The summed E-state index contributed by atoms with van der Waals surface area (Å²) in [6.45, 7) is 0. The highest BCUT2D eigenvalue weighted by atomic mass is 35.5. The maximum Gasteiger partial charge on any atom is 0.266 e. The molecule has 1 aromatic heterocycles. The van der Waals surface area contributed by atoms with Crippen LogP contribution in [0.1, 0.15) is 5.76 Å². The Labute approximate surface area is 180 Å². The molecule has 28 heavy (non-hydrogen) atoms. The molecule has 2 aromatic carbocycles. The molecule has 8 heteroatoms. The van der Waals surface area contributed by atoms with Gasteiger partial charge in [0, 0.05) is 26.7 Å². The quantitative estimate of drug-likeness (QED) is 0.339. The molecule has 0 aliphatic rings. The van der Waals surface area contributed by atoms with Crippen LogP contribution in [-0.4, -0.2) is 5.91 Å². The van der Waals surface area contributed by atoms with E-state index in [2.05, 4.69) is 5.32 Å². The van der Waals surface area contributed by atoms with Crippen molar-refractivity contribution in [3.8, 4) is 17.4 Å². The third-order valence-electron chi connectivity index (χ3n) is 3.60. The van der Waals surface area contributed by atoms with Crippen LogP contribution in [-0.2, 0) is 4.79 Å². The van der Waals surface area contributed by atoms with Gasteiger partial charge in [-0.3, -0.25) is 4.79 Å². The van der Waals surface area contributed by atoms with Crippen molar-refractivity contribution < 1.29 is 9.21 Å². The molecule has 140 valence electrons. The number of nitrogens with one attached hydrogen (secondary N) is 1. The second-order valence-corrected chi connectivity index (χ2v) is 7.32. The average molecular weight is 452 g/mol. The molecule has 3 aromatic rings. The topological polar surface area (TPSA) is 66.0 Å². The van der Waals surface area contributed by atoms with Crippen molar-refractivity contribution in [3.63, 3.8) is 0 Å². The van der Waals surface area contributed by atoms with E-state index in [-0.39, 0.29) is 5.57 Å². The van der Waals surface area contributed by atoms with Gasteiger partial charge in [-0.15, -0.1) is 0 Å². The maximum atomic E-state index is 12.4. The van der Waals surface area contributed by atoms with Crippen LogP contribution in [0.15, 0.2) is 58.5 Å². The van der Waals surface area contributed by atoms with Crippen LogP contribution in [0.3, 0.4) is 0 Å². The van der Waals surface area contributed by atoms with Crippen molar-refractivity contribution in [1.82, 2.24) is 0 Å². The first-order valence-electron chi connectivity index (χ1n) is 7.80. The molecule has 0 atom stereocenters. The SMILES string of the molecule is N#C/C(=C\c1ccc(-c2cc(Cl)cc(Cl)c2)o1)C(=O)Nc1cc(Cl)ccc1Cl. The predicted molar refractivity (Wildman–Crippen MR) is 113 cm³/mol. The summed E-state index contributed by atoms with van der Waals surface area (Å²) in [7, 11) is 0. The molecule has 0 spiro atoms. The van der Waals surface area contributed by atoms with E-state index in [0.29, 0.717) is 42.9 Å². The van der Waals surface area contributed by atoms with Gasteiger partial charge in [0.25, 0.3) is 5.91 Å². The van der Waals surface area contributed by atoms with Crippen LogP contribution in [0.4, 0.5) is 5.69 Å². The Morgan fingerprint density at radius 2 is 1.68 bits per heavy atom. The number of benzene rings is 2. The minimum Gasteiger partial charge on any atom is -0.457 e. The van der Waals surface area contributed by atoms with Crippen LogP contribution < -0.4 is 5.32 Å². The summed E-state index contributed by atoms with van der Waals surface area (Å²) in [4.78, 5) is 12.4. The Morgan fingerprint density at radius 1 is 0.964 bits per heavy atom. The standard InChI is InChI=1S/C20H10Cl4N2O2/c21-13-1-3-17(24)18(9-13)26-20(27)12(10-25)7-16-2-4-19(28-16)11-5-14(22)8-15(23)6-11/h1-9H,(H,26,27)/b12-7+. The van der Waals surface area contributed by atoms with Gasteiger partial charge in [-0.2, -0.15) is 5.26 Å². The van der Waals surface area contributed by atoms with E-state index >= 15 is 0 Å². The molecule has 4 nitrogen and oxygen atoms in total. The van der Waals surface area contributed by atoms with Gasteiger partial charge in [0.1, 0.15) is 23.2 Å². The zero-order valence-electron chi connectivity index (χ0n) is 14.0. The molecular formula is C20H10Cl4N2O2. The van der Waals surface area contributed by atoms with Crippen molar-refractivity contribution in [2.75, 3.05) is 5.32 Å². The van der Waals surface area contributed by atoms with Crippen LogP contribution in [0.25, 0.3) is 17.4 Å². The van der Waals surface area contributed by atoms with E-state index in [1.165, 1.54) is 12.1 Å². The number of hydrogen-bond acceptors (Lipinski definition) is 3. The Morgan fingerprint density at radius 3 is 2.36 bits per heavy atom. The predicted octanol–water partition coefficient (Wildman–Crippen LogP) is 7.11. The van der Waals surface area contributed by atoms with Crippen molar-refractivity contribution >= 4 is 64.1 Å². The van der Waals surface area contributed by atoms with Gasteiger partial charge in [-0.25, -0.2) is 0 Å². The number of furan rings is 1. The highest BCUT2D eigenvalue weighted by molar-refractivity contribution is 6.36. The number of anilines is 1. The molecule has 3 rings (SSSR count). The lowest BCUT2D eigenvalue weighted by Gasteiger charge is -2.06. The van der Waals surface area contributed by atoms with Gasteiger partial charge in [0.2, 0.25) is 0 Å². The lowest BCUT2D eigenvalue weighted by molar-refractivity contribution is -0.112. The monoisotopic (exact) mass is 450 g/mol. The fraction of sp³-hybridized carbons (Fsp3) is 0. The number of carbonyl (C=O) groups is 1. The summed E-state index contributed by atoms with van der Waals surface area (Å²) < 4.78 is 5.68. The molecule has 0 unspecified atom stereocenters.